The van der Waals surface area contributed by atoms with Crippen molar-refractivity contribution in [1.29, 1.82) is 0 Å². The summed E-state index contributed by atoms with van der Waals surface area (Å²) < 4.78 is 0. The second-order valence-corrected chi connectivity index (χ2v) is 4.38. The number of hydrogen-bond donors (Lipinski definition) is 2. The summed E-state index contributed by atoms with van der Waals surface area (Å²) in [6.45, 7) is 2.98. The molecule has 15 heavy (non-hydrogen) atoms. The van der Waals surface area contributed by atoms with Crippen LogP contribution in [0, 0.1) is 0 Å². The van der Waals surface area contributed by atoms with E-state index in [0.717, 1.165) is 25.8 Å². The molecule has 0 aliphatic carbocycles. The molecule has 2 heterocycles. The summed E-state index contributed by atoms with van der Waals surface area (Å²) in [7, 11) is 0. The molecule has 1 spiro atoms. The lowest BCUT2D eigenvalue weighted by atomic mass is 9.96. The van der Waals surface area contributed by atoms with Crippen LogP contribution in [0.25, 0.3) is 0 Å². The van der Waals surface area contributed by atoms with Crippen LogP contribution in [0.4, 0.5) is 0 Å². The second kappa shape index (κ2) is 3.48. The number of rotatable bonds is 2. The molecule has 2 aliphatic rings. The van der Waals surface area contributed by atoms with Crippen LogP contribution in [0.2, 0.25) is 0 Å². The molecule has 1 unspecified atom stereocenters. The third-order valence-electron chi connectivity index (χ3n) is 3.52. The molecule has 2 aliphatic heterocycles. The minimum atomic E-state index is -0.932. The maximum Gasteiger partial charge on any atom is 0.326 e. The van der Waals surface area contributed by atoms with Gasteiger partial charge in [-0.2, -0.15) is 0 Å². The normalized spacial score (nSPS) is 32.6. The molecule has 2 rings (SSSR count). The third-order valence-corrected chi connectivity index (χ3v) is 3.52. The van der Waals surface area contributed by atoms with Gasteiger partial charge in [-0.05, 0) is 32.7 Å². The molecule has 5 heteroatoms. The molecular formula is C10H16N2O3. The summed E-state index contributed by atoms with van der Waals surface area (Å²) in [5.41, 5.74) is -0.441. The van der Waals surface area contributed by atoms with Crippen molar-refractivity contribution < 1.29 is 14.7 Å². The number of nitrogens with zero attached hydrogens (tertiary/aromatic N) is 1. The zero-order chi connectivity index (χ0) is 11.1. The highest BCUT2D eigenvalue weighted by atomic mass is 16.4. The fourth-order valence-electron chi connectivity index (χ4n) is 2.50. The number of aliphatic carboxylic acids is 1. The average Bonchev–Trinajstić information content (AvgIpc) is 2.77. The largest absolute Gasteiger partial charge is 0.480 e. The van der Waals surface area contributed by atoms with Crippen molar-refractivity contribution in [1.82, 2.24) is 10.2 Å². The maximum absolute atomic E-state index is 12.1. The van der Waals surface area contributed by atoms with Crippen LogP contribution in [0.3, 0.4) is 0 Å². The number of likely N-dealkylation sites (tertiary alicyclic amines) is 1. The number of carboxylic acid groups (broad SMARTS) is 1. The Labute approximate surface area is 88.4 Å². The molecule has 0 aromatic carbocycles. The highest BCUT2D eigenvalue weighted by Crippen LogP contribution is 2.32. The monoisotopic (exact) mass is 212 g/mol. The van der Waals surface area contributed by atoms with E-state index in [1.807, 2.05) is 0 Å². The summed E-state index contributed by atoms with van der Waals surface area (Å²) in [5, 5.41) is 12.1. The van der Waals surface area contributed by atoms with Gasteiger partial charge in [0.05, 0.1) is 5.54 Å². The van der Waals surface area contributed by atoms with Crippen molar-refractivity contribution in [3.63, 3.8) is 0 Å². The highest BCUT2D eigenvalue weighted by molar-refractivity contribution is 5.92. The molecule has 5 nitrogen and oxygen atoms in total. The van der Waals surface area contributed by atoms with Crippen LogP contribution in [0.5, 0.6) is 0 Å². The van der Waals surface area contributed by atoms with E-state index in [4.69, 9.17) is 5.11 Å². The van der Waals surface area contributed by atoms with E-state index in [1.165, 1.54) is 4.90 Å². The number of carboxylic acids is 1. The predicted octanol–water partition coefficient (Wildman–Crippen LogP) is -0.186. The van der Waals surface area contributed by atoms with Gasteiger partial charge in [0.2, 0.25) is 5.91 Å². The van der Waals surface area contributed by atoms with E-state index in [1.54, 1.807) is 6.92 Å². The summed E-state index contributed by atoms with van der Waals surface area (Å²) in [4.78, 5) is 24.4. The van der Waals surface area contributed by atoms with Crippen molar-refractivity contribution in [3.05, 3.63) is 0 Å². The van der Waals surface area contributed by atoms with Gasteiger partial charge in [-0.25, -0.2) is 4.79 Å². The quantitative estimate of drug-likeness (QED) is 0.666. The third kappa shape index (κ3) is 1.51. The molecule has 2 atom stereocenters. The first-order valence-corrected chi connectivity index (χ1v) is 5.36. The molecular weight excluding hydrogens is 196 g/mol. The van der Waals surface area contributed by atoms with E-state index in [-0.39, 0.29) is 5.91 Å². The first kappa shape index (κ1) is 10.4. The number of hydrogen-bond acceptors (Lipinski definition) is 3. The fourth-order valence-corrected chi connectivity index (χ4v) is 2.50. The lowest BCUT2D eigenvalue weighted by Gasteiger charge is -2.25. The van der Waals surface area contributed by atoms with E-state index in [9.17, 15) is 9.59 Å². The topological polar surface area (TPSA) is 69.6 Å². The first-order chi connectivity index (χ1) is 7.07. The lowest BCUT2D eigenvalue weighted by molar-refractivity contribution is -0.148. The van der Waals surface area contributed by atoms with Crippen LogP contribution in [-0.4, -0.2) is 46.6 Å². The highest BCUT2D eigenvalue weighted by Gasteiger charge is 2.50. The number of nitrogens with one attached hydrogen (secondary N) is 1. The predicted molar refractivity (Wildman–Crippen MR) is 53.4 cm³/mol. The van der Waals surface area contributed by atoms with Gasteiger partial charge in [-0.15, -0.1) is 0 Å². The first-order valence-electron chi connectivity index (χ1n) is 5.36. The van der Waals surface area contributed by atoms with Crippen LogP contribution in [0.15, 0.2) is 0 Å². The van der Waals surface area contributed by atoms with Crippen molar-refractivity contribution >= 4 is 11.9 Å². The van der Waals surface area contributed by atoms with Gasteiger partial charge in [0, 0.05) is 6.54 Å². The van der Waals surface area contributed by atoms with Gasteiger partial charge in [0.1, 0.15) is 6.04 Å². The number of amides is 1. The van der Waals surface area contributed by atoms with Crippen LogP contribution >= 0.6 is 0 Å². The van der Waals surface area contributed by atoms with E-state index >= 15 is 0 Å². The molecule has 0 bridgehead atoms. The van der Waals surface area contributed by atoms with Gasteiger partial charge in [-0.3, -0.25) is 4.79 Å². The van der Waals surface area contributed by atoms with E-state index in [2.05, 4.69) is 5.32 Å². The van der Waals surface area contributed by atoms with Crippen LogP contribution in [-0.2, 0) is 9.59 Å². The molecule has 2 fully saturated rings. The maximum atomic E-state index is 12.1. The van der Waals surface area contributed by atoms with Gasteiger partial charge in [-0.1, -0.05) is 0 Å². The van der Waals surface area contributed by atoms with Gasteiger partial charge in [0.25, 0.3) is 0 Å². The van der Waals surface area contributed by atoms with Gasteiger partial charge < -0.3 is 15.3 Å². The summed E-state index contributed by atoms with van der Waals surface area (Å²) >= 11 is 0. The zero-order valence-corrected chi connectivity index (χ0v) is 8.82. The minimum absolute atomic E-state index is 0.0325. The molecule has 0 aromatic rings. The second-order valence-electron chi connectivity index (χ2n) is 4.38. The number of carbonyl (C=O) groups is 2. The molecule has 0 saturated carbocycles. The Morgan fingerprint density at radius 2 is 2.33 bits per heavy atom. The molecule has 2 N–H and O–H groups in total. The van der Waals surface area contributed by atoms with E-state index in [0.29, 0.717) is 6.54 Å². The SMILES string of the molecule is CC(C(=O)O)N1CC[C@@]2(CCCN2)C1=O. The molecule has 84 valence electrons. The Balaban J connectivity index is 2.13. The van der Waals surface area contributed by atoms with Crippen molar-refractivity contribution in [3.8, 4) is 0 Å². The Kier molecular flexibility index (Phi) is 2.42. The average molecular weight is 212 g/mol. The van der Waals surface area contributed by atoms with Crippen LogP contribution in [0.1, 0.15) is 26.2 Å². The van der Waals surface area contributed by atoms with Crippen molar-refractivity contribution in [2.24, 2.45) is 0 Å². The number of carbonyl (C=O) groups excluding carboxylic acids is 1. The Morgan fingerprint density at radius 1 is 1.60 bits per heavy atom. The van der Waals surface area contributed by atoms with Crippen LogP contribution < -0.4 is 5.32 Å². The summed E-state index contributed by atoms with van der Waals surface area (Å²) in [6.07, 6.45) is 2.58. The molecule has 1 amide bonds. The molecule has 0 aromatic heterocycles. The lowest BCUT2D eigenvalue weighted by Crippen LogP contribution is -2.50. The molecule has 0 radical (unpaired) electrons. The fraction of sp³-hybridized carbons (Fsp3) is 0.800. The summed E-state index contributed by atoms with van der Waals surface area (Å²) in [6, 6.07) is -0.709. The zero-order valence-electron chi connectivity index (χ0n) is 8.82. The molecule has 2 saturated heterocycles. The van der Waals surface area contributed by atoms with Gasteiger partial charge in [0.15, 0.2) is 0 Å². The Bertz CT molecular complexity index is 297. The van der Waals surface area contributed by atoms with Crippen molar-refractivity contribution in [2.75, 3.05) is 13.1 Å². The van der Waals surface area contributed by atoms with Gasteiger partial charge >= 0.3 is 5.97 Å². The summed E-state index contributed by atoms with van der Waals surface area (Å²) in [5.74, 6) is -0.965. The standard InChI is InChI=1S/C10H16N2O3/c1-7(8(13)14)12-6-4-10(9(12)15)3-2-5-11-10/h7,11H,2-6H2,1H3,(H,13,14)/t7?,10-/m0/s1. The van der Waals surface area contributed by atoms with E-state index < -0.39 is 17.6 Å². The Morgan fingerprint density at radius 3 is 2.87 bits per heavy atom. The smallest absolute Gasteiger partial charge is 0.326 e. The van der Waals surface area contributed by atoms with Crippen molar-refractivity contribution in [2.45, 2.75) is 37.8 Å². The minimum Gasteiger partial charge on any atom is -0.480 e. The Hall–Kier alpha value is -1.10.